The Morgan fingerprint density at radius 2 is 1.96 bits per heavy atom. The minimum Gasteiger partial charge on any atom is -0.469 e. The average molecular weight is 318 g/mol. The molecule has 1 unspecified atom stereocenters. The number of hydrogen-bond donors (Lipinski definition) is 2. The van der Waals surface area contributed by atoms with Crippen LogP contribution < -0.4 is 5.32 Å². The van der Waals surface area contributed by atoms with Gasteiger partial charge in [0.1, 0.15) is 5.60 Å². The van der Waals surface area contributed by atoms with Gasteiger partial charge in [-0.15, -0.1) is 0 Å². The predicted molar refractivity (Wildman–Crippen MR) is 87.0 cm³/mol. The molecule has 2 rings (SSSR count). The van der Waals surface area contributed by atoms with Crippen molar-refractivity contribution in [2.24, 2.45) is 0 Å². The van der Waals surface area contributed by atoms with E-state index >= 15 is 0 Å². The second-order valence-electron chi connectivity index (χ2n) is 6.29. The summed E-state index contributed by atoms with van der Waals surface area (Å²) in [4.78, 5) is 26.9. The molecule has 0 spiro atoms. The van der Waals surface area contributed by atoms with Crippen LogP contribution in [0.15, 0.2) is 30.3 Å². The summed E-state index contributed by atoms with van der Waals surface area (Å²) in [7, 11) is 1.32. The van der Waals surface area contributed by atoms with Crippen molar-refractivity contribution in [1.29, 1.82) is 0 Å². The van der Waals surface area contributed by atoms with E-state index in [0.717, 1.165) is 16.6 Å². The first kappa shape index (κ1) is 16.9. The van der Waals surface area contributed by atoms with Gasteiger partial charge in [-0.2, -0.15) is 0 Å². The minimum atomic E-state index is -0.611. The van der Waals surface area contributed by atoms with Gasteiger partial charge in [0, 0.05) is 11.2 Å². The van der Waals surface area contributed by atoms with E-state index < -0.39 is 23.7 Å². The number of benzene rings is 1. The van der Waals surface area contributed by atoms with Crippen LogP contribution in [0.1, 0.15) is 38.9 Å². The second-order valence-corrected chi connectivity index (χ2v) is 6.29. The highest BCUT2D eigenvalue weighted by Gasteiger charge is 2.24. The van der Waals surface area contributed by atoms with Gasteiger partial charge in [0.05, 0.1) is 19.6 Å². The first-order valence-electron chi connectivity index (χ1n) is 7.42. The van der Waals surface area contributed by atoms with Gasteiger partial charge in [-0.1, -0.05) is 18.2 Å². The second kappa shape index (κ2) is 6.73. The quantitative estimate of drug-likeness (QED) is 0.848. The minimum absolute atomic E-state index is 0.0164. The van der Waals surface area contributed by atoms with Crippen molar-refractivity contribution >= 4 is 23.0 Å². The van der Waals surface area contributed by atoms with E-state index in [2.05, 4.69) is 10.3 Å². The molecule has 0 fully saturated rings. The SMILES string of the molecule is COC(=O)CC(NC(=O)OC(C)(C)C)c1cc2ccccc2[nH]1. The van der Waals surface area contributed by atoms with Gasteiger partial charge in [0.2, 0.25) is 0 Å². The zero-order valence-corrected chi connectivity index (χ0v) is 13.8. The topological polar surface area (TPSA) is 80.4 Å². The molecule has 0 saturated carbocycles. The van der Waals surface area contributed by atoms with Crippen LogP contribution >= 0.6 is 0 Å². The zero-order chi connectivity index (χ0) is 17.0. The van der Waals surface area contributed by atoms with Crippen LogP contribution in [0.3, 0.4) is 0 Å². The third-order valence-corrected chi connectivity index (χ3v) is 3.22. The largest absolute Gasteiger partial charge is 0.469 e. The van der Waals surface area contributed by atoms with E-state index in [1.165, 1.54) is 7.11 Å². The standard InChI is InChI=1S/C17H22N2O4/c1-17(2,3)23-16(21)19-14(10-15(20)22-4)13-9-11-7-5-6-8-12(11)18-13/h5-9,14,18H,10H2,1-4H3,(H,19,21). The molecule has 124 valence electrons. The number of ether oxygens (including phenoxy) is 2. The Labute approximate surface area is 135 Å². The third-order valence-electron chi connectivity index (χ3n) is 3.22. The summed E-state index contributed by atoms with van der Waals surface area (Å²) >= 11 is 0. The van der Waals surface area contributed by atoms with Crippen LogP contribution in [-0.4, -0.2) is 29.8 Å². The van der Waals surface area contributed by atoms with Gasteiger partial charge >= 0.3 is 12.1 Å². The number of carbonyl (C=O) groups excluding carboxylic acids is 2. The van der Waals surface area contributed by atoms with Gasteiger partial charge < -0.3 is 19.8 Å². The Balaban J connectivity index is 2.22. The maximum Gasteiger partial charge on any atom is 0.408 e. The number of aromatic nitrogens is 1. The van der Waals surface area contributed by atoms with E-state index in [4.69, 9.17) is 9.47 Å². The number of carbonyl (C=O) groups is 2. The zero-order valence-electron chi connectivity index (χ0n) is 13.8. The molecule has 6 heteroatoms. The third kappa shape index (κ3) is 4.74. The molecule has 1 heterocycles. The van der Waals surface area contributed by atoms with Crippen molar-refractivity contribution in [3.8, 4) is 0 Å². The summed E-state index contributed by atoms with van der Waals surface area (Å²) < 4.78 is 9.98. The molecule has 0 bridgehead atoms. The number of aromatic amines is 1. The number of amides is 1. The molecule has 1 atom stereocenters. The average Bonchev–Trinajstić information content (AvgIpc) is 2.88. The van der Waals surface area contributed by atoms with Crippen molar-refractivity contribution in [3.63, 3.8) is 0 Å². The van der Waals surface area contributed by atoms with Crippen molar-refractivity contribution in [2.45, 2.75) is 38.8 Å². The number of H-pyrrole nitrogens is 1. The molecular formula is C17H22N2O4. The number of methoxy groups -OCH3 is 1. The number of fused-ring (bicyclic) bond motifs is 1. The Kier molecular flexibility index (Phi) is 4.93. The molecule has 0 aliphatic rings. The van der Waals surface area contributed by atoms with Crippen molar-refractivity contribution in [1.82, 2.24) is 10.3 Å². The van der Waals surface area contributed by atoms with Gasteiger partial charge in [-0.25, -0.2) is 4.79 Å². The van der Waals surface area contributed by atoms with Gasteiger partial charge in [0.25, 0.3) is 0 Å². The number of nitrogens with one attached hydrogen (secondary N) is 2. The molecule has 1 amide bonds. The smallest absolute Gasteiger partial charge is 0.408 e. The molecule has 0 saturated heterocycles. The highest BCUT2D eigenvalue weighted by molar-refractivity contribution is 5.81. The number of alkyl carbamates (subject to hydrolysis) is 1. The Morgan fingerprint density at radius 1 is 1.26 bits per heavy atom. The lowest BCUT2D eigenvalue weighted by atomic mass is 10.1. The van der Waals surface area contributed by atoms with E-state index in [9.17, 15) is 9.59 Å². The normalized spacial score (nSPS) is 12.7. The molecule has 2 aromatic rings. The molecule has 23 heavy (non-hydrogen) atoms. The Morgan fingerprint density at radius 3 is 2.57 bits per heavy atom. The molecule has 1 aromatic heterocycles. The molecule has 0 radical (unpaired) electrons. The van der Waals surface area contributed by atoms with E-state index in [-0.39, 0.29) is 6.42 Å². The lowest BCUT2D eigenvalue weighted by Crippen LogP contribution is -2.36. The maximum absolute atomic E-state index is 12.0. The lowest BCUT2D eigenvalue weighted by Gasteiger charge is -2.22. The van der Waals surface area contributed by atoms with Crippen LogP contribution in [0, 0.1) is 0 Å². The molecule has 0 aliphatic heterocycles. The first-order chi connectivity index (χ1) is 10.8. The molecule has 2 N–H and O–H groups in total. The summed E-state index contributed by atoms with van der Waals surface area (Å²) in [5.74, 6) is -0.412. The van der Waals surface area contributed by atoms with Gasteiger partial charge in [0.15, 0.2) is 0 Å². The Hall–Kier alpha value is -2.50. The number of para-hydroxylation sites is 1. The summed E-state index contributed by atoms with van der Waals surface area (Å²) in [5, 5.41) is 3.73. The van der Waals surface area contributed by atoms with E-state index in [1.807, 2.05) is 30.3 Å². The van der Waals surface area contributed by atoms with Gasteiger partial charge in [-0.3, -0.25) is 4.79 Å². The molecule has 1 aromatic carbocycles. The van der Waals surface area contributed by atoms with Crippen LogP contribution in [0.4, 0.5) is 4.79 Å². The highest BCUT2D eigenvalue weighted by atomic mass is 16.6. The molecule has 6 nitrogen and oxygen atoms in total. The van der Waals surface area contributed by atoms with Crippen LogP contribution in [0.25, 0.3) is 10.9 Å². The lowest BCUT2D eigenvalue weighted by molar-refractivity contribution is -0.141. The highest BCUT2D eigenvalue weighted by Crippen LogP contribution is 2.23. The van der Waals surface area contributed by atoms with Gasteiger partial charge in [-0.05, 0) is 38.3 Å². The molecule has 0 aliphatic carbocycles. The number of hydrogen-bond acceptors (Lipinski definition) is 4. The number of rotatable bonds is 4. The monoisotopic (exact) mass is 318 g/mol. The fourth-order valence-corrected chi connectivity index (χ4v) is 2.22. The van der Waals surface area contributed by atoms with Crippen LogP contribution in [0.5, 0.6) is 0 Å². The summed E-state index contributed by atoms with van der Waals surface area (Å²) in [6.07, 6.45) is -0.562. The summed E-state index contributed by atoms with van der Waals surface area (Å²) in [6.45, 7) is 5.35. The van der Waals surface area contributed by atoms with Crippen LogP contribution in [0.2, 0.25) is 0 Å². The van der Waals surface area contributed by atoms with Crippen molar-refractivity contribution in [2.75, 3.05) is 7.11 Å². The van der Waals surface area contributed by atoms with Crippen molar-refractivity contribution < 1.29 is 19.1 Å². The van der Waals surface area contributed by atoms with Crippen LogP contribution in [-0.2, 0) is 14.3 Å². The fraction of sp³-hybridized carbons (Fsp3) is 0.412. The van der Waals surface area contributed by atoms with E-state index in [1.54, 1.807) is 20.8 Å². The fourth-order valence-electron chi connectivity index (χ4n) is 2.22. The maximum atomic E-state index is 12.0. The van der Waals surface area contributed by atoms with E-state index in [0.29, 0.717) is 0 Å². The Bertz CT molecular complexity index is 667. The summed E-state index contributed by atoms with van der Waals surface area (Å²) in [5.41, 5.74) is 1.05. The van der Waals surface area contributed by atoms with Crippen molar-refractivity contribution in [3.05, 3.63) is 36.0 Å². The first-order valence-corrected chi connectivity index (χ1v) is 7.42. The summed E-state index contributed by atoms with van der Waals surface area (Å²) in [6, 6.07) is 9.08. The molecular weight excluding hydrogens is 296 g/mol. The number of esters is 1. The predicted octanol–water partition coefficient (Wildman–Crippen LogP) is 3.30.